The highest BCUT2D eigenvalue weighted by molar-refractivity contribution is 6.35. The molecule has 0 saturated heterocycles. The van der Waals surface area contributed by atoms with Crippen LogP contribution in [0.1, 0.15) is 24.1 Å². The Balaban J connectivity index is 2.00. The number of carbonyl (C=O) groups excluding carboxylic acids is 1. The summed E-state index contributed by atoms with van der Waals surface area (Å²) in [7, 11) is 0. The quantitative estimate of drug-likeness (QED) is 0.799. The van der Waals surface area contributed by atoms with Gasteiger partial charge >= 0.3 is 0 Å². The molecule has 2 aromatic rings. The van der Waals surface area contributed by atoms with Crippen molar-refractivity contribution in [3.05, 3.63) is 75.8 Å². The topological polar surface area (TPSA) is 29.1 Å². The third kappa shape index (κ3) is 4.62. The molecule has 2 nitrogen and oxygen atoms in total. The van der Waals surface area contributed by atoms with Gasteiger partial charge in [-0.3, -0.25) is 4.79 Å². The molecular weight excluding hydrogens is 305 g/mol. The minimum atomic E-state index is -0.169. The Hall–Kier alpha value is -1.77. The molecule has 0 radical (unpaired) electrons. The van der Waals surface area contributed by atoms with Gasteiger partial charge in [0.1, 0.15) is 0 Å². The maximum Gasteiger partial charge on any atom is 0.244 e. The van der Waals surface area contributed by atoms with E-state index in [1.165, 1.54) is 6.08 Å². The van der Waals surface area contributed by atoms with Crippen LogP contribution in [-0.2, 0) is 4.79 Å². The Morgan fingerprint density at radius 3 is 2.52 bits per heavy atom. The van der Waals surface area contributed by atoms with Crippen molar-refractivity contribution >= 4 is 35.2 Å². The van der Waals surface area contributed by atoms with E-state index in [1.54, 1.807) is 24.3 Å². The predicted octanol–water partition coefficient (Wildman–Crippen LogP) is 4.88. The fraction of sp³-hybridized carbons (Fsp3) is 0.118. The van der Waals surface area contributed by atoms with Gasteiger partial charge in [-0.25, -0.2) is 0 Å². The SMILES string of the molecule is C[C@@H](NC(=O)/C=C/c1ccc(Cl)cc1Cl)c1ccccc1. The van der Waals surface area contributed by atoms with Gasteiger partial charge in [0, 0.05) is 16.1 Å². The van der Waals surface area contributed by atoms with E-state index in [4.69, 9.17) is 23.2 Å². The van der Waals surface area contributed by atoms with Crippen molar-refractivity contribution in [2.75, 3.05) is 0 Å². The van der Waals surface area contributed by atoms with Crippen molar-refractivity contribution in [1.82, 2.24) is 5.32 Å². The molecule has 2 aromatic carbocycles. The highest BCUT2D eigenvalue weighted by atomic mass is 35.5. The van der Waals surface area contributed by atoms with E-state index in [-0.39, 0.29) is 11.9 Å². The molecule has 0 aliphatic heterocycles. The summed E-state index contributed by atoms with van der Waals surface area (Å²) >= 11 is 11.9. The van der Waals surface area contributed by atoms with E-state index >= 15 is 0 Å². The second kappa shape index (κ2) is 7.30. The van der Waals surface area contributed by atoms with E-state index in [9.17, 15) is 4.79 Å². The third-order valence-corrected chi connectivity index (χ3v) is 3.60. The van der Waals surface area contributed by atoms with Gasteiger partial charge in [-0.1, -0.05) is 59.6 Å². The first-order valence-corrected chi connectivity index (χ1v) is 7.30. The zero-order valence-corrected chi connectivity index (χ0v) is 13.0. The number of nitrogens with one attached hydrogen (secondary N) is 1. The van der Waals surface area contributed by atoms with Crippen LogP contribution in [0.15, 0.2) is 54.6 Å². The van der Waals surface area contributed by atoms with Crippen molar-refractivity contribution in [3.8, 4) is 0 Å². The summed E-state index contributed by atoms with van der Waals surface area (Å²) in [6.45, 7) is 1.94. The van der Waals surface area contributed by atoms with E-state index in [0.29, 0.717) is 10.0 Å². The molecule has 1 atom stereocenters. The molecular formula is C17H15Cl2NO. The van der Waals surface area contributed by atoms with Gasteiger partial charge in [-0.15, -0.1) is 0 Å². The van der Waals surface area contributed by atoms with Crippen LogP contribution >= 0.6 is 23.2 Å². The lowest BCUT2D eigenvalue weighted by Gasteiger charge is -2.12. The summed E-state index contributed by atoms with van der Waals surface area (Å²) in [5.41, 5.74) is 1.81. The Morgan fingerprint density at radius 2 is 1.86 bits per heavy atom. The molecule has 4 heteroatoms. The number of rotatable bonds is 4. The standard InChI is InChI=1S/C17H15Cl2NO/c1-12(13-5-3-2-4-6-13)20-17(21)10-8-14-7-9-15(18)11-16(14)19/h2-12H,1H3,(H,20,21)/b10-8+/t12-/m1/s1. The zero-order chi connectivity index (χ0) is 15.2. The minimum Gasteiger partial charge on any atom is -0.346 e. The molecule has 1 N–H and O–H groups in total. The number of hydrogen-bond donors (Lipinski definition) is 1. The Labute approximate surface area is 134 Å². The van der Waals surface area contributed by atoms with Crippen LogP contribution in [0.2, 0.25) is 10.0 Å². The van der Waals surface area contributed by atoms with Crippen molar-refractivity contribution in [2.24, 2.45) is 0 Å². The predicted molar refractivity (Wildman–Crippen MR) is 88.5 cm³/mol. The Bertz CT molecular complexity index is 653. The van der Waals surface area contributed by atoms with Crippen LogP contribution in [0.25, 0.3) is 6.08 Å². The van der Waals surface area contributed by atoms with Gasteiger partial charge in [-0.2, -0.15) is 0 Å². The lowest BCUT2D eigenvalue weighted by atomic mass is 10.1. The lowest BCUT2D eigenvalue weighted by Crippen LogP contribution is -2.24. The molecule has 0 aliphatic carbocycles. The average Bonchev–Trinajstić information content (AvgIpc) is 2.47. The van der Waals surface area contributed by atoms with Crippen molar-refractivity contribution in [2.45, 2.75) is 13.0 Å². The largest absolute Gasteiger partial charge is 0.346 e. The fourth-order valence-electron chi connectivity index (χ4n) is 1.89. The Morgan fingerprint density at radius 1 is 1.14 bits per heavy atom. The summed E-state index contributed by atoms with van der Waals surface area (Å²) < 4.78 is 0. The molecule has 0 bridgehead atoms. The summed E-state index contributed by atoms with van der Waals surface area (Å²) in [5.74, 6) is -0.169. The lowest BCUT2D eigenvalue weighted by molar-refractivity contribution is -0.117. The first-order valence-electron chi connectivity index (χ1n) is 6.55. The van der Waals surface area contributed by atoms with E-state index < -0.39 is 0 Å². The molecule has 21 heavy (non-hydrogen) atoms. The summed E-state index contributed by atoms with van der Waals surface area (Å²) in [6, 6.07) is 14.9. The van der Waals surface area contributed by atoms with Crippen LogP contribution < -0.4 is 5.32 Å². The van der Waals surface area contributed by atoms with Crippen LogP contribution in [0.4, 0.5) is 0 Å². The van der Waals surface area contributed by atoms with E-state index in [2.05, 4.69) is 5.32 Å². The molecule has 0 aromatic heterocycles. The van der Waals surface area contributed by atoms with Crippen molar-refractivity contribution in [1.29, 1.82) is 0 Å². The van der Waals surface area contributed by atoms with Gasteiger partial charge in [0.15, 0.2) is 0 Å². The molecule has 0 heterocycles. The smallest absolute Gasteiger partial charge is 0.244 e. The second-order valence-corrected chi connectivity index (χ2v) is 5.48. The zero-order valence-electron chi connectivity index (χ0n) is 11.5. The van der Waals surface area contributed by atoms with Crippen LogP contribution in [0, 0.1) is 0 Å². The van der Waals surface area contributed by atoms with E-state index in [0.717, 1.165) is 11.1 Å². The molecule has 0 saturated carbocycles. The average molecular weight is 320 g/mol. The van der Waals surface area contributed by atoms with Gasteiger partial charge < -0.3 is 5.32 Å². The first kappa shape index (κ1) is 15.6. The van der Waals surface area contributed by atoms with Crippen molar-refractivity contribution in [3.63, 3.8) is 0 Å². The normalized spacial score (nSPS) is 12.3. The van der Waals surface area contributed by atoms with Crippen LogP contribution in [0.5, 0.6) is 0 Å². The summed E-state index contributed by atoms with van der Waals surface area (Å²) in [5, 5.41) is 3.99. The molecule has 108 valence electrons. The summed E-state index contributed by atoms with van der Waals surface area (Å²) in [4.78, 5) is 11.9. The number of carbonyl (C=O) groups is 1. The van der Waals surface area contributed by atoms with E-state index in [1.807, 2.05) is 37.3 Å². The number of amides is 1. The molecule has 0 unspecified atom stereocenters. The third-order valence-electron chi connectivity index (χ3n) is 3.04. The fourth-order valence-corrected chi connectivity index (χ4v) is 2.36. The molecule has 1 amide bonds. The van der Waals surface area contributed by atoms with Gasteiger partial charge in [0.25, 0.3) is 0 Å². The van der Waals surface area contributed by atoms with Gasteiger partial charge in [0.05, 0.1) is 6.04 Å². The van der Waals surface area contributed by atoms with Gasteiger partial charge in [-0.05, 0) is 36.3 Å². The maximum absolute atomic E-state index is 11.9. The summed E-state index contributed by atoms with van der Waals surface area (Å²) in [6.07, 6.45) is 3.14. The van der Waals surface area contributed by atoms with Crippen LogP contribution in [0.3, 0.4) is 0 Å². The molecule has 0 aliphatic rings. The maximum atomic E-state index is 11.9. The number of hydrogen-bond acceptors (Lipinski definition) is 1. The highest BCUT2D eigenvalue weighted by Gasteiger charge is 2.06. The highest BCUT2D eigenvalue weighted by Crippen LogP contribution is 2.22. The monoisotopic (exact) mass is 319 g/mol. The second-order valence-electron chi connectivity index (χ2n) is 4.64. The Kier molecular flexibility index (Phi) is 5.43. The molecule has 2 rings (SSSR count). The molecule has 0 spiro atoms. The van der Waals surface area contributed by atoms with Gasteiger partial charge in [0.2, 0.25) is 5.91 Å². The number of benzene rings is 2. The van der Waals surface area contributed by atoms with Crippen LogP contribution in [-0.4, -0.2) is 5.91 Å². The first-order chi connectivity index (χ1) is 10.1. The number of halogens is 2. The molecule has 0 fully saturated rings. The van der Waals surface area contributed by atoms with Crippen molar-refractivity contribution < 1.29 is 4.79 Å². The minimum absolute atomic E-state index is 0.0518.